The second kappa shape index (κ2) is 8.19. The Hall–Kier alpha value is -1.53. The third kappa shape index (κ3) is 6.07. The Balaban J connectivity index is 2.32. The molecule has 0 fully saturated rings. The minimum atomic E-state index is -1.17. The van der Waals surface area contributed by atoms with Gasteiger partial charge in [-0.3, -0.25) is 0 Å². The number of hydrogen-bond acceptors (Lipinski definition) is 4. The first-order chi connectivity index (χ1) is 10.2. The van der Waals surface area contributed by atoms with Gasteiger partial charge in [0.05, 0.1) is 13.2 Å². The van der Waals surface area contributed by atoms with Gasteiger partial charge in [0.1, 0.15) is 17.1 Å². The number of ether oxygens (including phenoxy) is 1. The largest absolute Gasteiger partial charge is 0.466 e. The summed E-state index contributed by atoms with van der Waals surface area (Å²) < 4.78 is 10.8. The summed E-state index contributed by atoms with van der Waals surface area (Å²) in [6.45, 7) is 11.1. The van der Waals surface area contributed by atoms with Gasteiger partial charge < -0.3 is 24.9 Å². The van der Waals surface area contributed by atoms with Crippen LogP contribution < -0.4 is 10.6 Å². The maximum Gasteiger partial charge on any atom is 0.314 e. The van der Waals surface area contributed by atoms with Crippen LogP contribution in [-0.4, -0.2) is 37.4 Å². The zero-order chi connectivity index (χ0) is 16.8. The molecule has 0 saturated heterocycles. The summed E-state index contributed by atoms with van der Waals surface area (Å²) >= 11 is 0. The highest BCUT2D eigenvalue weighted by molar-refractivity contribution is 5.73. The average molecular weight is 312 g/mol. The lowest BCUT2D eigenvalue weighted by Crippen LogP contribution is -2.44. The van der Waals surface area contributed by atoms with E-state index in [-0.39, 0.29) is 12.6 Å². The van der Waals surface area contributed by atoms with Crippen molar-refractivity contribution < 1.29 is 19.1 Å². The molecule has 0 bridgehead atoms. The SMILES string of the molecule is Cc1cc(C(C)(O)CNC(=O)NCCOCC(C)C)c(C)o1. The number of hydrogen-bond donors (Lipinski definition) is 3. The summed E-state index contributed by atoms with van der Waals surface area (Å²) in [5.74, 6) is 1.87. The topological polar surface area (TPSA) is 83.7 Å². The number of aryl methyl sites for hydroxylation is 2. The van der Waals surface area contributed by atoms with Crippen molar-refractivity contribution in [3.63, 3.8) is 0 Å². The highest BCUT2D eigenvalue weighted by atomic mass is 16.5. The molecule has 6 nitrogen and oxygen atoms in total. The first kappa shape index (κ1) is 18.5. The molecule has 0 aliphatic carbocycles. The molecule has 126 valence electrons. The first-order valence-corrected chi connectivity index (χ1v) is 7.61. The molecular weight excluding hydrogens is 284 g/mol. The molecule has 0 aliphatic heterocycles. The van der Waals surface area contributed by atoms with Crippen LogP contribution in [0.5, 0.6) is 0 Å². The third-order valence-electron chi connectivity index (χ3n) is 3.20. The van der Waals surface area contributed by atoms with Crippen molar-refractivity contribution in [3.8, 4) is 0 Å². The van der Waals surface area contributed by atoms with Gasteiger partial charge in [-0.2, -0.15) is 0 Å². The van der Waals surface area contributed by atoms with E-state index in [0.717, 1.165) is 5.76 Å². The lowest BCUT2D eigenvalue weighted by atomic mass is 9.96. The van der Waals surface area contributed by atoms with E-state index < -0.39 is 5.60 Å². The standard InChI is InChI=1S/C16H28N2O4/c1-11(2)9-21-7-6-17-15(19)18-10-16(5,20)14-8-12(3)22-13(14)4/h8,11,20H,6-7,9-10H2,1-5H3,(H2,17,18,19). The highest BCUT2D eigenvalue weighted by Crippen LogP contribution is 2.26. The molecule has 0 aromatic carbocycles. The molecule has 3 N–H and O–H groups in total. The Labute approximate surface area is 132 Å². The predicted molar refractivity (Wildman–Crippen MR) is 84.8 cm³/mol. The third-order valence-corrected chi connectivity index (χ3v) is 3.20. The van der Waals surface area contributed by atoms with Gasteiger partial charge in [0.25, 0.3) is 0 Å². The molecule has 1 aromatic rings. The quantitative estimate of drug-likeness (QED) is 0.642. The molecular formula is C16H28N2O4. The molecule has 1 atom stereocenters. The number of carbonyl (C=O) groups excluding carboxylic acids is 1. The van der Waals surface area contributed by atoms with Crippen LogP contribution in [0.15, 0.2) is 10.5 Å². The molecule has 1 unspecified atom stereocenters. The Kier molecular flexibility index (Phi) is 6.90. The lowest BCUT2D eigenvalue weighted by Gasteiger charge is -2.23. The van der Waals surface area contributed by atoms with Gasteiger partial charge in [0, 0.05) is 18.7 Å². The maximum atomic E-state index is 11.7. The Morgan fingerprint density at radius 2 is 2.09 bits per heavy atom. The van der Waals surface area contributed by atoms with E-state index in [1.807, 2.05) is 6.92 Å². The number of furan rings is 1. The molecule has 22 heavy (non-hydrogen) atoms. The van der Waals surface area contributed by atoms with Crippen LogP contribution in [0.2, 0.25) is 0 Å². The summed E-state index contributed by atoms with van der Waals surface area (Å²) in [5, 5.41) is 15.8. The van der Waals surface area contributed by atoms with E-state index in [0.29, 0.717) is 37.0 Å². The van der Waals surface area contributed by atoms with Crippen molar-refractivity contribution in [3.05, 3.63) is 23.2 Å². The number of rotatable bonds is 8. The second-order valence-electron chi connectivity index (χ2n) is 6.18. The van der Waals surface area contributed by atoms with Gasteiger partial charge in [0.2, 0.25) is 0 Å². The van der Waals surface area contributed by atoms with E-state index in [1.54, 1.807) is 19.9 Å². The Morgan fingerprint density at radius 1 is 1.41 bits per heavy atom. The summed E-state index contributed by atoms with van der Waals surface area (Å²) in [6.07, 6.45) is 0. The van der Waals surface area contributed by atoms with Crippen LogP contribution in [0.4, 0.5) is 4.79 Å². The van der Waals surface area contributed by atoms with Gasteiger partial charge in [-0.15, -0.1) is 0 Å². The lowest BCUT2D eigenvalue weighted by molar-refractivity contribution is 0.0577. The highest BCUT2D eigenvalue weighted by Gasteiger charge is 2.28. The van der Waals surface area contributed by atoms with Crippen LogP contribution in [0.3, 0.4) is 0 Å². The Morgan fingerprint density at radius 3 is 2.64 bits per heavy atom. The summed E-state index contributed by atoms with van der Waals surface area (Å²) in [5.41, 5.74) is -0.488. The van der Waals surface area contributed by atoms with Crippen molar-refractivity contribution in [1.29, 1.82) is 0 Å². The van der Waals surface area contributed by atoms with Crippen molar-refractivity contribution in [2.45, 2.75) is 40.2 Å². The smallest absolute Gasteiger partial charge is 0.314 e. The fourth-order valence-corrected chi connectivity index (χ4v) is 2.13. The van der Waals surface area contributed by atoms with E-state index in [9.17, 15) is 9.90 Å². The predicted octanol–water partition coefficient (Wildman–Crippen LogP) is 2.08. The molecule has 0 radical (unpaired) electrons. The van der Waals surface area contributed by atoms with Crippen molar-refractivity contribution in [2.75, 3.05) is 26.3 Å². The number of aliphatic hydroxyl groups is 1. The van der Waals surface area contributed by atoms with Crippen LogP contribution >= 0.6 is 0 Å². The average Bonchev–Trinajstić information content (AvgIpc) is 2.75. The van der Waals surface area contributed by atoms with Gasteiger partial charge in [-0.25, -0.2) is 4.79 Å². The zero-order valence-electron chi connectivity index (χ0n) is 14.2. The molecule has 1 rings (SSSR count). The van der Waals surface area contributed by atoms with Crippen LogP contribution in [0.1, 0.15) is 37.9 Å². The van der Waals surface area contributed by atoms with Crippen molar-refractivity contribution in [2.24, 2.45) is 5.92 Å². The maximum absolute atomic E-state index is 11.7. The molecule has 1 heterocycles. The van der Waals surface area contributed by atoms with Crippen LogP contribution in [0.25, 0.3) is 0 Å². The second-order valence-corrected chi connectivity index (χ2v) is 6.18. The first-order valence-electron chi connectivity index (χ1n) is 7.61. The van der Waals surface area contributed by atoms with E-state index in [2.05, 4.69) is 24.5 Å². The van der Waals surface area contributed by atoms with Gasteiger partial charge in [-0.05, 0) is 32.8 Å². The Bertz CT molecular complexity index is 480. The fraction of sp³-hybridized carbons (Fsp3) is 0.688. The van der Waals surface area contributed by atoms with Crippen molar-refractivity contribution >= 4 is 6.03 Å². The summed E-state index contributed by atoms with van der Waals surface area (Å²) in [7, 11) is 0. The zero-order valence-corrected chi connectivity index (χ0v) is 14.2. The number of urea groups is 1. The number of carbonyl (C=O) groups is 1. The van der Waals surface area contributed by atoms with Gasteiger partial charge in [0.15, 0.2) is 0 Å². The fourth-order valence-electron chi connectivity index (χ4n) is 2.13. The van der Waals surface area contributed by atoms with Crippen LogP contribution in [-0.2, 0) is 10.3 Å². The molecule has 0 aliphatic rings. The van der Waals surface area contributed by atoms with Crippen molar-refractivity contribution in [1.82, 2.24) is 10.6 Å². The van der Waals surface area contributed by atoms with Gasteiger partial charge in [-0.1, -0.05) is 13.8 Å². The minimum Gasteiger partial charge on any atom is -0.466 e. The van der Waals surface area contributed by atoms with E-state index in [1.165, 1.54) is 0 Å². The summed E-state index contributed by atoms with van der Waals surface area (Å²) in [6, 6.07) is 1.46. The molecule has 0 saturated carbocycles. The van der Waals surface area contributed by atoms with Crippen LogP contribution in [0, 0.1) is 19.8 Å². The molecule has 0 spiro atoms. The molecule has 1 aromatic heterocycles. The van der Waals surface area contributed by atoms with E-state index >= 15 is 0 Å². The monoisotopic (exact) mass is 312 g/mol. The molecule has 2 amide bonds. The molecule has 6 heteroatoms. The minimum absolute atomic E-state index is 0.103. The number of amides is 2. The normalized spacial score (nSPS) is 14.0. The van der Waals surface area contributed by atoms with E-state index in [4.69, 9.17) is 9.15 Å². The number of nitrogens with one attached hydrogen (secondary N) is 2. The summed E-state index contributed by atoms with van der Waals surface area (Å²) in [4.78, 5) is 11.7. The van der Waals surface area contributed by atoms with Gasteiger partial charge >= 0.3 is 6.03 Å².